The first-order valence-electron chi connectivity index (χ1n) is 9.41. The molecule has 0 spiro atoms. The Labute approximate surface area is 160 Å². The summed E-state index contributed by atoms with van der Waals surface area (Å²) in [4.78, 5) is 16.8. The molecule has 5 heteroatoms. The highest BCUT2D eigenvalue weighted by Crippen LogP contribution is 2.20. The van der Waals surface area contributed by atoms with Crippen molar-refractivity contribution in [2.45, 2.75) is 31.8 Å². The Morgan fingerprint density at radius 3 is 2.85 bits per heavy atom. The Morgan fingerprint density at radius 2 is 2.07 bits per heavy atom. The minimum atomic E-state index is -0.165. The first kappa shape index (κ1) is 19.4. The van der Waals surface area contributed by atoms with Crippen molar-refractivity contribution in [3.8, 4) is 5.75 Å². The van der Waals surface area contributed by atoms with E-state index in [1.165, 1.54) is 6.07 Å². The third-order valence-corrected chi connectivity index (χ3v) is 5.26. The number of carbonyl (C=O) groups excluding carboxylic acids is 1. The average molecular weight is 370 g/mol. The third kappa shape index (κ3) is 5.07. The van der Waals surface area contributed by atoms with Gasteiger partial charge in [0.1, 0.15) is 11.6 Å². The van der Waals surface area contributed by atoms with Crippen molar-refractivity contribution in [1.82, 2.24) is 9.80 Å². The van der Waals surface area contributed by atoms with E-state index >= 15 is 0 Å². The summed E-state index contributed by atoms with van der Waals surface area (Å²) in [7, 11) is 3.50. The smallest absolute Gasteiger partial charge is 0.227 e. The molecule has 0 aliphatic carbocycles. The summed E-state index contributed by atoms with van der Waals surface area (Å²) in [5.74, 6) is 0.694. The maximum Gasteiger partial charge on any atom is 0.227 e. The number of rotatable bonds is 6. The van der Waals surface area contributed by atoms with E-state index in [2.05, 4.69) is 4.90 Å². The molecule has 144 valence electrons. The van der Waals surface area contributed by atoms with Crippen LogP contribution in [0.1, 0.15) is 24.0 Å². The summed E-state index contributed by atoms with van der Waals surface area (Å²) >= 11 is 0. The number of ether oxygens (including phenoxy) is 1. The Kier molecular flexibility index (Phi) is 6.45. The van der Waals surface area contributed by atoms with Gasteiger partial charge in [-0.15, -0.1) is 0 Å². The molecule has 1 heterocycles. The molecule has 1 aliphatic rings. The highest BCUT2D eigenvalue weighted by atomic mass is 19.1. The van der Waals surface area contributed by atoms with Crippen LogP contribution in [-0.4, -0.2) is 49.0 Å². The lowest BCUT2D eigenvalue weighted by molar-refractivity contribution is -0.132. The fourth-order valence-corrected chi connectivity index (χ4v) is 3.64. The molecule has 0 unspecified atom stereocenters. The molecule has 0 N–H and O–H groups in total. The van der Waals surface area contributed by atoms with Crippen LogP contribution in [0.3, 0.4) is 0 Å². The van der Waals surface area contributed by atoms with E-state index in [9.17, 15) is 9.18 Å². The highest BCUT2D eigenvalue weighted by Gasteiger charge is 2.26. The zero-order chi connectivity index (χ0) is 19.2. The maximum absolute atomic E-state index is 13.9. The molecular formula is C22H27FN2O2. The van der Waals surface area contributed by atoms with Crippen LogP contribution in [0.5, 0.6) is 5.75 Å². The Hall–Kier alpha value is -2.40. The van der Waals surface area contributed by atoms with Crippen LogP contribution in [0.15, 0.2) is 48.5 Å². The van der Waals surface area contributed by atoms with Gasteiger partial charge in [0.15, 0.2) is 0 Å². The molecule has 0 saturated carbocycles. The van der Waals surface area contributed by atoms with Gasteiger partial charge in [0.05, 0.1) is 13.5 Å². The second-order valence-electron chi connectivity index (χ2n) is 7.16. The van der Waals surface area contributed by atoms with E-state index in [0.29, 0.717) is 18.5 Å². The number of hydrogen-bond acceptors (Lipinski definition) is 3. The number of piperidine rings is 1. The van der Waals surface area contributed by atoms with Crippen molar-refractivity contribution in [2.24, 2.45) is 0 Å². The maximum atomic E-state index is 13.9. The van der Waals surface area contributed by atoms with E-state index in [0.717, 1.165) is 37.2 Å². The normalized spacial score (nSPS) is 17.5. The van der Waals surface area contributed by atoms with Crippen LogP contribution in [-0.2, 0) is 17.8 Å². The molecule has 1 fully saturated rings. The topological polar surface area (TPSA) is 32.8 Å². The number of hydrogen-bond donors (Lipinski definition) is 0. The molecule has 27 heavy (non-hydrogen) atoms. The van der Waals surface area contributed by atoms with E-state index in [1.807, 2.05) is 48.3 Å². The van der Waals surface area contributed by atoms with Crippen molar-refractivity contribution in [3.05, 3.63) is 65.5 Å². The number of likely N-dealkylation sites (tertiary alicyclic amines) is 1. The van der Waals surface area contributed by atoms with Gasteiger partial charge in [0.25, 0.3) is 0 Å². The standard InChI is InChI=1S/C22H27FN2O2/c1-24(22(26)14-17-7-5-10-20(13-17)27-2)19-9-6-12-25(16-19)15-18-8-3-4-11-21(18)23/h3-5,7-8,10-11,13,19H,6,9,12,14-16H2,1-2H3/t19-/m1/s1. The van der Waals surface area contributed by atoms with Crippen LogP contribution in [0.25, 0.3) is 0 Å². The predicted octanol–water partition coefficient (Wildman–Crippen LogP) is 3.50. The van der Waals surface area contributed by atoms with Crippen molar-refractivity contribution in [1.29, 1.82) is 0 Å². The molecule has 2 aromatic rings. The molecule has 1 saturated heterocycles. The predicted molar refractivity (Wildman–Crippen MR) is 104 cm³/mol. The SMILES string of the molecule is COc1cccc(CC(=O)N(C)[C@@H]2CCCN(Cc3ccccc3F)C2)c1. The van der Waals surface area contributed by atoms with E-state index < -0.39 is 0 Å². The summed E-state index contributed by atoms with van der Waals surface area (Å²) < 4.78 is 19.2. The molecule has 2 aromatic carbocycles. The molecule has 4 nitrogen and oxygen atoms in total. The lowest BCUT2D eigenvalue weighted by atomic mass is 10.0. The molecular weight excluding hydrogens is 343 g/mol. The largest absolute Gasteiger partial charge is 0.497 e. The van der Waals surface area contributed by atoms with E-state index in [4.69, 9.17) is 4.74 Å². The number of halogens is 1. The van der Waals surface area contributed by atoms with Gasteiger partial charge in [-0.05, 0) is 43.1 Å². The zero-order valence-electron chi connectivity index (χ0n) is 16.0. The van der Waals surface area contributed by atoms with Crippen LogP contribution in [0, 0.1) is 5.82 Å². The summed E-state index contributed by atoms with van der Waals surface area (Å²) in [5.41, 5.74) is 1.66. The minimum absolute atomic E-state index is 0.0981. The van der Waals surface area contributed by atoms with Gasteiger partial charge in [0.2, 0.25) is 5.91 Å². The zero-order valence-corrected chi connectivity index (χ0v) is 16.0. The quantitative estimate of drug-likeness (QED) is 0.780. The molecule has 1 atom stereocenters. The number of carbonyl (C=O) groups is 1. The molecule has 0 radical (unpaired) electrons. The number of nitrogens with zero attached hydrogens (tertiary/aromatic N) is 2. The summed E-state index contributed by atoms with van der Waals surface area (Å²) in [5, 5.41) is 0. The van der Waals surface area contributed by atoms with Crippen LogP contribution in [0.4, 0.5) is 4.39 Å². The van der Waals surface area contributed by atoms with E-state index in [1.54, 1.807) is 13.2 Å². The van der Waals surface area contributed by atoms with Gasteiger partial charge >= 0.3 is 0 Å². The molecule has 0 bridgehead atoms. The van der Waals surface area contributed by atoms with Gasteiger partial charge in [-0.2, -0.15) is 0 Å². The summed E-state index contributed by atoms with van der Waals surface area (Å²) in [6.07, 6.45) is 2.35. The number of methoxy groups -OCH3 is 1. The fraction of sp³-hybridized carbons (Fsp3) is 0.409. The highest BCUT2D eigenvalue weighted by molar-refractivity contribution is 5.79. The van der Waals surface area contributed by atoms with Crippen molar-refractivity contribution < 1.29 is 13.9 Å². The Balaban J connectivity index is 1.59. The van der Waals surface area contributed by atoms with Gasteiger partial charge in [-0.25, -0.2) is 4.39 Å². The lowest BCUT2D eigenvalue weighted by Crippen LogP contribution is -2.48. The van der Waals surface area contributed by atoms with Gasteiger partial charge in [-0.3, -0.25) is 9.69 Å². The summed E-state index contributed by atoms with van der Waals surface area (Å²) in [6, 6.07) is 14.7. The van der Waals surface area contributed by atoms with Crippen LogP contribution in [0.2, 0.25) is 0 Å². The van der Waals surface area contributed by atoms with Crippen molar-refractivity contribution >= 4 is 5.91 Å². The number of amides is 1. The monoisotopic (exact) mass is 370 g/mol. The van der Waals surface area contributed by atoms with Gasteiger partial charge in [0, 0.05) is 31.7 Å². The second-order valence-corrected chi connectivity index (χ2v) is 7.16. The number of likely N-dealkylation sites (N-methyl/N-ethyl adjacent to an activating group) is 1. The fourth-order valence-electron chi connectivity index (χ4n) is 3.64. The van der Waals surface area contributed by atoms with Crippen LogP contribution >= 0.6 is 0 Å². The van der Waals surface area contributed by atoms with E-state index in [-0.39, 0.29) is 17.8 Å². The van der Waals surface area contributed by atoms with Gasteiger partial charge in [-0.1, -0.05) is 30.3 Å². The minimum Gasteiger partial charge on any atom is -0.497 e. The average Bonchev–Trinajstić information content (AvgIpc) is 2.69. The molecule has 0 aromatic heterocycles. The lowest BCUT2D eigenvalue weighted by Gasteiger charge is -2.37. The van der Waals surface area contributed by atoms with Gasteiger partial charge < -0.3 is 9.64 Å². The molecule has 1 amide bonds. The van der Waals surface area contributed by atoms with Crippen molar-refractivity contribution in [3.63, 3.8) is 0 Å². The second kappa shape index (κ2) is 9.00. The van der Waals surface area contributed by atoms with Crippen molar-refractivity contribution in [2.75, 3.05) is 27.2 Å². The molecule has 1 aliphatic heterocycles. The molecule has 3 rings (SSSR count). The summed E-state index contributed by atoms with van der Waals surface area (Å²) in [6.45, 7) is 2.29. The first-order valence-corrected chi connectivity index (χ1v) is 9.41. The number of benzene rings is 2. The Bertz CT molecular complexity index is 780. The Morgan fingerprint density at radius 1 is 1.26 bits per heavy atom. The third-order valence-electron chi connectivity index (χ3n) is 5.26. The first-order chi connectivity index (χ1) is 13.1. The van der Waals surface area contributed by atoms with Crippen LogP contribution < -0.4 is 4.74 Å².